The highest BCUT2D eigenvalue weighted by Crippen LogP contribution is 2.56. The predicted molar refractivity (Wildman–Crippen MR) is 122 cm³/mol. The van der Waals surface area contributed by atoms with Crippen molar-refractivity contribution < 1.29 is 23.9 Å². The Bertz CT molecular complexity index is 1150. The number of esters is 1. The molecular weight excluding hydrogens is 444 g/mol. The smallest absolute Gasteiger partial charge is 0.338 e. The number of carbonyl (C=O) groups excluding carboxylic acids is 4. The van der Waals surface area contributed by atoms with Gasteiger partial charge in [0.2, 0.25) is 11.8 Å². The Kier molecular flexibility index (Phi) is 5.44. The lowest BCUT2D eigenvalue weighted by atomic mass is 9.81. The van der Waals surface area contributed by atoms with E-state index >= 15 is 0 Å². The minimum absolute atomic E-state index is 0.167. The predicted octanol–water partition coefficient (Wildman–Crippen LogP) is 3.98. The van der Waals surface area contributed by atoms with E-state index in [0.717, 1.165) is 19.3 Å². The van der Waals surface area contributed by atoms with Gasteiger partial charge in [0, 0.05) is 10.7 Å². The van der Waals surface area contributed by atoms with Crippen molar-refractivity contribution in [3.8, 4) is 0 Å². The number of carbonyl (C=O) groups is 4. The van der Waals surface area contributed by atoms with Gasteiger partial charge in [0.25, 0.3) is 5.91 Å². The number of hydrogen-bond acceptors (Lipinski definition) is 5. The van der Waals surface area contributed by atoms with Gasteiger partial charge >= 0.3 is 5.97 Å². The number of anilines is 2. The third-order valence-corrected chi connectivity index (χ3v) is 7.55. The highest BCUT2D eigenvalue weighted by atomic mass is 35.5. The number of imide groups is 1. The summed E-state index contributed by atoms with van der Waals surface area (Å²) in [5.74, 6) is -1.44. The highest BCUT2D eigenvalue weighted by molar-refractivity contribution is 6.31. The number of halogens is 1. The van der Waals surface area contributed by atoms with Crippen LogP contribution in [0, 0.1) is 30.6 Å². The molecule has 170 valence electrons. The van der Waals surface area contributed by atoms with Gasteiger partial charge in [0.1, 0.15) is 0 Å². The molecule has 2 aromatic rings. The second-order valence-corrected chi connectivity index (χ2v) is 9.39. The molecule has 5 rings (SSSR count). The molecule has 7 nitrogen and oxygen atoms in total. The van der Waals surface area contributed by atoms with E-state index in [1.54, 1.807) is 37.3 Å². The molecule has 33 heavy (non-hydrogen) atoms. The Morgan fingerprint density at radius 3 is 2.42 bits per heavy atom. The topological polar surface area (TPSA) is 92.8 Å². The molecule has 4 atom stereocenters. The van der Waals surface area contributed by atoms with Crippen molar-refractivity contribution in [3.05, 3.63) is 58.6 Å². The van der Waals surface area contributed by atoms with E-state index < -0.39 is 18.5 Å². The van der Waals surface area contributed by atoms with E-state index in [9.17, 15) is 19.2 Å². The maximum atomic E-state index is 13.0. The van der Waals surface area contributed by atoms with Crippen molar-refractivity contribution in [1.82, 2.24) is 0 Å². The maximum absolute atomic E-state index is 13.0. The first-order chi connectivity index (χ1) is 15.8. The van der Waals surface area contributed by atoms with Crippen molar-refractivity contribution in [3.63, 3.8) is 0 Å². The van der Waals surface area contributed by atoms with Crippen LogP contribution in [0.1, 0.15) is 35.2 Å². The molecule has 2 aliphatic carbocycles. The van der Waals surface area contributed by atoms with Gasteiger partial charge in [0.05, 0.1) is 23.1 Å². The Morgan fingerprint density at radius 1 is 1.06 bits per heavy atom. The molecular formula is C25H23ClN2O5. The van der Waals surface area contributed by atoms with Gasteiger partial charge in [-0.2, -0.15) is 0 Å². The Hall–Kier alpha value is -3.19. The lowest BCUT2D eigenvalue weighted by Gasteiger charge is -2.19. The van der Waals surface area contributed by atoms with Crippen LogP contribution in [0.25, 0.3) is 0 Å². The zero-order valence-electron chi connectivity index (χ0n) is 18.0. The summed E-state index contributed by atoms with van der Waals surface area (Å²) in [6, 6.07) is 11.4. The van der Waals surface area contributed by atoms with Crippen LogP contribution in [0.3, 0.4) is 0 Å². The van der Waals surface area contributed by atoms with Crippen molar-refractivity contribution in [1.29, 1.82) is 0 Å². The van der Waals surface area contributed by atoms with Crippen molar-refractivity contribution >= 4 is 46.7 Å². The molecule has 3 amide bonds. The van der Waals surface area contributed by atoms with E-state index in [4.69, 9.17) is 16.3 Å². The number of fused-ring (bicyclic) bond motifs is 5. The monoisotopic (exact) mass is 466 g/mol. The molecule has 0 radical (unpaired) electrons. The fraction of sp³-hybridized carbons (Fsp3) is 0.360. The number of nitrogens with zero attached hydrogens (tertiary/aromatic N) is 1. The molecule has 0 aromatic heterocycles. The summed E-state index contributed by atoms with van der Waals surface area (Å²) in [7, 11) is 0. The van der Waals surface area contributed by atoms with Gasteiger partial charge in [-0.15, -0.1) is 0 Å². The number of ether oxygens (including phenoxy) is 1. The average molecular weight is 467 g/mol. The van der Waals surface area contributed by atoms with Crippen LogP contribution in [0.15, 0.2) is 42.5 Å². The molecule has 0 unspecified atom stereocenters. The van der Waals surface area contributed by atoms with E-state index in [2.05, 4.69) is 5.32 Å². The molecule has 1 aliphatic heterocycles. The van der Waals surface area contributed by atoms with Gasteiger partial charge < -0.3 is 10.1 Å². The number of rotatable bonds is 5. The molecule has 3 aliphatic rings. The maximum Gasteiger partial charge on any atom is 0.338 e. The average Bonchev–Trinajstić information content (AvgIpc) is 3.49. The molecule has 8 heteroatoms. The minimum Gasteiger partial charge on any atom is -0.452 e. The van der Waals surface area contributed by atoms with E-state index in [1.165, 1.54) is 17.0 Å². The second kappa shape index (κ2) is 8.30. The van der Waals surface area contributed by atoms with Gasteiger partial charge in [-0.3, -0.25) is 19.3 Å². The standard InChI is InChI=1S/C25H23ClN2O5/c1-13-18(26)6-3-7-19(13)27-20(29)12-33-25(32)16-4-2-5-17(11-16)28-23(30)21-14-8-9-15(10-14)22(21)24(28)31/h2-7,11,14-15,21-22H,8-10,12H2,1H3,(H,27,29)/t14-,15-,21+,22+/m0/s1. The number of benzene rings is 2. The van der Waals surface area contributed by atoms with Crippen LogP contribution in [-0.2, 0) is 19.1 Å². The first kappa shape index (κ1) is 21.6. The van der Waals surface area contributed by atoms with E-state index in [0.29, 0.717) is 22.0 Å². The molecule has 2 bridgehead atoms. The molecule has 0 spiro atoms. The van der Waals surface area contributed by atoms with Crippen LogP contribution in [0.2, 0.25) is 5.02 Å². The SMILES string of the molecule is Cc1c(Cl)cccc1NC(=O)COC(=O)c1cccc(N2C(=O)[C@@H]3[C@H]4CC[C@@H](C4)[C@H]3C2=O)c1. The number of nitrogens with one attached hydrogen (secondary N) is 1. The van der Waals surface area contributed by atoms with Gasteiger partial charge in [-0.1, -0.05) is 23.7 Å². The van der Waals surface area contributed by atoms with E-state index in [1.807, 2.05) is 0 Å². The fourth-order valence-electron chi connectivity index (χ4n) is 5.58. The lowest BCUT2D eigenvalue weighted by Crippen LogP contribution is -2.32. The van der Waals surface area contributed by atoms with Gasteiger partial charge in [-0.05, 0) is 73.9 Å². The number of amides is 3. The fourth-order valence-corrected chi connectivity index (χ4v) is 5.75. The quantitative estimate of drug-likeness (QED) is 0.531. The Morgan fingerprint density at radius 2 is 1.73 bits per heavy atom. The minimum atomic E-state index is -0.714. The van der Waals surface area contributed by atoms with Crippen molar-refractivity contribution in [2.24, 2.45) is 23.7 Å². The third-order valence-electron chi connectivity index (χ3n) is 7.14. The zero-order valence-corrected chi connectivity index (χ0v) is 18.8. The lowest BCUT2D eigenvalue weighted by molar-refractivity contribution is -0.123. The summed E-state index contributed by atoms with van der Waals surface area (Å²) in [5, 5.41) is 3.18. The third kappa shape index (κ3) is 3.70. The van der Waals surface area contributed by atoms with Crippen LogP contribution < -0.4 is 10.2 Å². The molecule has 3 fully saturated rings. The van der Waals surface area contributed by atoms with Crippen LogP contribution >= 0.6 is 11.6 Å². The second-order valence-electron chi connectivity index (χ2n) is 8.98. The van der Waals surface area contributed by atoms with E-state index in [-0.39, 0.29) is 41.0 Å². The van der Waals surface area contributed by atoms with Crippen LogP contribution in [0.5, 0.6) is 0 Å². The van der Waals surface area contributed by atoms with Crippen molar-refractivity contribution in [2.45, 2.75) is 26.2 Å². The zero-order chi connectivity index (χ0) is 23.3. The van der Waals surface area contributed by atoms with Crippen LogP contribution in [-0.4, -0.2) is 30.3 Å². The number of hydrogen-bond donors (Lipinski definition) is 1. The Labute approximate surface area is 196 Å². The summed E-state index contributed by atoms with van der Waals surface area (Å²) >= 11 is 6.06. The molecule has 2 saturated carbocycles. The molecule has 1 saturated heterocycles. The van der Waals surface area contributed by atoms with Crippen LogP contribution in [0.4, 0.5) is 11.4 Å². The van der Waals surface area contributed by atoms with Crippen molar-refractivity contribution in [2.75, 3.05) is 16.8 Å². The van der Waals surface area contributed by atoms with Gasteiger partial charge in [0.15, 0.2) is 6.61 Å². The summed E-state index contributed by atoms with van der Waals surface area (Å²) in [5.41, 5.74) is 1.79. The normalized spacial score (nSPS) is 25.3. The van der Waals surface area contributed by atoms with Gasteiger partial charge in [-0.25, -0.2) is 4.79 Å². The largest absolute Gasteiger partial charge is 0.452 e. The highest BCUT2D eigenvalue weighted by Gasteiger charge is 2.61. The molecule has 2 aromatic carbocycles. The Balaban J connectivity index is 1.25. The summed E-state index contributed by atoms with van der Waals surface area (Å²) < 4.78 is 5.15. The molecule has 1 N–H and O–H groups in total. The first-order valence-corrected chi connectivity index (χ1v) is 11.4. The first-order valence-electron chi connectivity index (χ1n) is 11.0. The summed E-state index contributed by atoms with van der Waals surface area (Å²) in [6.07, 6.45) is 2.97. The summed E-state index contributed by atoms with van der Waals surface area (Å²) in [4.78, 5) is 52.1. The summed E-state index contributed by atoms with van der Waals surface area (Å²) in [6.45, 7) is 1.29. The molecule has 1 heterocycles.